The average Bonchev–Trinajstić information content (AvgIpc) is 3.41. The Morgan fingerprint density at radius 1 is 1.29 bits per heavy atom. The van der Waals surface area contributed by atoms with Crippen LogP contribution in [0.15, 0.2) is 47.6 Å². The standard InChI is InChI=1S/C22H24Cl2N6O2S2/c1-4-8-30-19(28-29-22(30)34-12-18(31)27-21-25-7-9-33-21)17(10-13(2)3)26-20(32)15-6-5-14(23)11-16(15)24/h4-7,9,11,13,17H,1,8,10,12H2,2-3H3,(H,26,32)(H,25,27,31)/t17-/m0/s1. The van der Waals surface area contributed by atoms with Crippen molar-refractivity contribution in [3.05, 3.63) is 63.9 Å². The Bertz CT molecular complexity index is 1150. The smallest absolute Gasteiger partial charge is 0.253 e. The number of carbonyl (C=O) groups excluding carboxylic acids is 2. The molecule has 2 amide bonds. The van der Waals surface area contributed by atoms with Gasteiger partial charge in [-0.2, -0.15) is 0 Å². The van der Waals surface area contributed by atoms with Crippen LogP contribution in [0.3, 0.4) is 0 Å². The lowest BCUT2D eigenvalue weighted by molar-refractivity contribution is -0.113. The van der Waals surface area contributed by atoms with E-state index in [1.54, 1.807) is 29.8 Å². The monoisotopic (exact) mass is 538 g/mol. The van der Waals surface area contributed by atoms with Crippen molar-refractivity contribution in [3.8, 4) is 0 Å². The molecule has 3 rings (SSSR count). The Balaban J connectivity index is 1.80. The van der Waals surface area contributed by atoms with Gasteiger partial charge in [0.25, 0.3) is 5.91 Å². The number of carbonyl (C=O) groups is 2. The van der Waals surface area contributed by atoms with Crippen LogP contribution in [0.2, 0.25) is 10.0 Å². The van der Waals surface area contributed by atoms with Crippen molar-refractivity contribution in [1.82, 2.24) is 25.1 Å². The van der Waals surface area contributed by atoms with E-state index in [-0.39, 0.29) is 28.5 Å². The molecule has 34 heavy (non-hydrogen) atoms. The summed E-state index contributed by atoms with van der Waals surface area (Å²) in [5.74, 6) is 0.447. The van der Waals surface area contributed by atoms with Crippen LogP contribution in [0.1, 0.15) is 42.5 Å². The van der Waals surface area contributed by atoms with Gasteiger partial charge in [-0.1, -0.05) is 54.9 Å². The van der Waals surface area contributed by atoms with Crippen molar-refractivity contribution < 1.29 is 9.59 Å². The van der Waals surface area contributed by atoms with Crippen molar-refractivity contribution >= 4 is 63.2 Å². The topological polar surface area (TPSA) is 102 Å². The number of anilines is 1. The predicted molar refractivity (Wildman–Crippen MR) is 138 cm³/mol. The van der Waals surface area contributed by atoms with Crippen LogP contribution in [0.25, 0.3) is 0 Å². The second-order valence-corrected chi connectivity index (χ2v) is 10.4. The van der Waals surface area contributed by atoms with Gasteiger partial charge in [-0.15, -0.1) is 28.1 Å². The van der Waals surface area contributed by atoms with Crippen LogP contribution in [0.5, 0.6) is 0 Å². The summed E-state index contributed by atoms with van der Waals surface area (Å²) in [7, 11) is 0. The van der Waals surface area contributed by atoms with Crippen LogP contribution in [0, 0.1) is 5.92 Å². The molecule has 0 unspecified atom stereocenters. The predicted octanol–water partition coefficient (Wildman–Crippen LogP) is 5.48. The molecule has 0 aliphatic heterocycles. The van der Waals surface area contributed by atoms with Gasteiger partial charge < -0.3 is 15.2 Å². The summed E-state index contributed by atoms with van der Waals surface area (Å²) >= 11 is 14.8. The molecule has 180 valence electrons. The molecule has 0 aliphatic carbocycles. The van der Waals surface area contributed by atoms with Gasteiger partial charge in [0.15, 0.2) is 16.1 Å². The number of rotatable bonds is 11. The summed E-state index contributed by atoms with van der Waals surface area (Å²) in [6.45, 7) is 8.36. The van der Waals surface area contributed by atoms with E-state index in [1.165, 1.54) is 29.2 Å². The number of allylic oxidation sites excluding steroid dienone is 1. The third kappa shape index (κ3) is 7.05. The molecule has 0 spiro atoms. The second kappa shape index (κ2) is 12.3. The first-order valence-corrected chi connectivity index (χ1v) is 13.0. The lowest BCUT2D eigenvalue weighted by atomic mass is 10.0. The maximum absolute atomic E-state index is 13.0. The molecule has 2 N–H and O–H groups in total. The molecule has 12 heteroatoms. The van der Waals surface area contributed by atoms with Crippen molar-refractivity contribution in [2.45, 2.75) is 38.0 Å². The normalized spacial score (nSPS) is 11.9. The Morgan fingerprint density at radius 2 is 2.09 bits per heavy atom. The summed E-state index contributed by atoms with van der Waals surface area (Å²) in [6, 6.07) is 4.31. The minimum absolute atomic E-state index is 0.135. The Labute approximate surface area is 216 Å². The SMILES string of the molecule is C=CCn1c(SCC(=O)Nc2nccs2)nnc1[C@H](CC(C)C)NC(=O)c1ccc(Cl)cc1Cl. The number of nitrogens with zero attached hydrogens (tertiary/aromatic N) is 4. The van der Waals surface area contributed by atoms with Gasteiger partial charge in [-0.05, 0) is 30.5 Å². The largest absolute Gasteiger partial charge is 0.342 e. The van der Waals surface area contributed by atoms with Gasteiger partial charge >= 0.3 is 0 Å². The van der Waals surface area contributed by atoms with E-state index in [4.69, 9.17) is 23.2 Å². The molecule has 0 radical (unpaired) electrons. The lowest BCUT2D eigenvalue weighted by Crippen LogP contribution is -2.32. The van der Waals surface area contributed by atoms with Gasteiger partial charge in [0.1, 0.15) is 0 Å². The number of nitrogens with one attached hydrogen (secondary N) is 2. The van der Waals surface area contributed by atoms with E-state index in [0.717, 1.165) is 0 Å². The van der Waals surface area contributed by atoms with Crippen LogP contribution >= 0.6 is 46.3 Å². The molecule has 1 atom stereocenters. The highest BCUT2D eigenvalue weighted by Crippen LogP contribution is 2.27. The molecule has 2 heterocycles. The van der Waals surface area contributed by atoms with Crippen molar-refractivity contribution in [1.29, 1.82) is 0 Å². The van der Waals surface area contributed by atoms with Gasteiger partial charge in [0.2, 0.25) is 5.91 Å². The highest BCUT2D eigenvalue weighted by Gasteiger charge is 2.25. The highest BCUT2D eigenvalue weighted by atomic mass is 35.5. The van der Waals surface area contributed by atoms with Gasteiger partial charge in [0.05, 0.1) is 22.4 Å². The van der Waals surface area contributed by atoms with Gasteiger partial charge in [-0.3, -0.25) is 9.59 Å². The minimum atomic E-state index is -0.426. The van der Waals surface area contributed by atoms with Gasteiger partial charge in [0, 0.05) is 23.1 Å². The molecule has 0 saturated heterocycles. The fourth-order valence-electron chi connectivity index (χ4n) is 3.15. The van der Waals surface area contributed by atoms with Crippen molar-refractivity contribution in [2.24, 2.45) is 5.92 Å². The van der Waals surface area contributed by atoms with Crippen LogP contribution in [-0.2, 0) is 11.3 Å². The first kappa shape index (κ1) is 26.2. The van der Waals surface area contributed by atoms with E-state index in [9.17, 15) is 9.59 Å². The number of thiazole rings is 1. The Morgan fingerprint density at radius 3 is 2.74 bits per heavy atom. The number of amides is 2. The molecule has 2 aromatic heterocycles. The van der Waals surface area contributed by atoms with Crippen LogP contribution < -0.4 is 10.6 Å². The number of halogens is 2. The quantitative estimate of drug-likeness (QED) is 0.247. The van der Waals surface area contributed by atoms with E-state index in [0.29, 0.717) is 39.7 Å². The number of aromatic nitrogens is 4. The fourth-order valence-corrected chi connectivity index (χ4v) is 4.94. The maximum atomic E-state index is 13.0. The minimum Gasteiger partial charge on any atom is -0.342 e. The van der Waals surface area contributed by atoms with E-state index in [1.807, 2.05) is 4.57 Å². The molecule has 3 aromatic rings. The molecule has 0 fully saturated rings. The number of hydrogen-bond acceptors (Lipinski definition) is 7. The van der Waals surface area contributed by atoms with Crippen LogP contribution in [-0.4, -0.2) is 37.3 Å². The summed E-state index contributed by atoms with van der Waals surface area (Å²) in [6.07, 6.45) is 3.97. The third-order valence-corrected chi connectivity index (χ3v) is 6.77. The summed E-state index contributed by atoms with van der Waals surface area (Å²) in [4.78, 5) is 29.3. The summed E-state index contributed by atoms with van der Waals surface area (Å²) in [5, 5.41) is 18.0. The Kier molecular flexibility index (Phi) is 9.52. The highest BCUT2D eigenvalue weighted by molar-refractivity contribution is 7.99. The zero-order valence-electron chi connectivity index (χ0n) is 18.6. The van der Waals surface area contributed by atoms with E-state index >= 15 is 0 Å². The molecule has 0 aliphatic rings. The lowest BCUT2D eigenvalue weighted by Gasteiger charge is -2.21. The van der Waals surface area contributed by atoms with Crippen molar-refractivity contribution in [3.63, 3.8) is 0 Å². The van der Waals surface area contributed by atoms with E-state index < -0.39 is 6.04 Å². The molecule has 0 bridgehead atoms. The van der Waals surface area contributed by atoms with Gasteiger partial charge in [-0.25, -0.2) is 4.98 Å². The molecular weight excluding hydrogens is 515 g/mol. The third-order valence-electron chi connectivity index (χ3n) is 4.57. The summed E-state index contributed by atoms with van der Waals surface area (Å²) in [5.41, 5.74) is 0.322. The fraction of sp³-hybridized carbons (Fsp3) is 0.318. The zero-order valence-corrected chi connectivity index (χ0v) is 21.8. The molecule has 8 nitrogen and oxygen atoms in total. The molecule has 0 saturated carbocycles. The molecule has 1 aromatic carbocycles. The van der Waals surface area contributed by atoms with E-state index in [2.05, 4.69) is 46.2 Å². The number of hydrogen-bond donors (Lipinski definition) is 2. The van der Waals surface area contributed by atoms with Crippen molar-refractivity contribution in [2.75, 3.05) is 11.1 Å². The second-order valence-electron chi connectivity index (χ2n) is 7.69. The number of benzene rings is 1. The zero-order chi connectivity index (χ0) is 24.7. The Hall–Kier alpha value is -2.40. The first-order chi connectivity index (χ1) is 16.3. The molecular formula is C22H24Cl2N6O2S2. The number of thioether (sulfide) groups is 1. The maximum Gasteiger partial charge on any atom is 0.253 e. The van der Waals surface area contributed by atoms with Crippen LogP contribution in [0.4, 0.5) is 5.13 Å². The first-order valence-electron chi connectivity index (χ1n) is 10.4. The average molecular weight is 540 g/mol. The summed E-state index contributed by atoms with van der Waals surface area (Å²) < 4.78 is 1.85.